The van der Waals surface area contributed by atoms with E-state index in [0.29, 0.717) is 6.54 Å². The normalized spacial score (nSPS) is 11.1. The van der Waals surface area contributed by atoms with Crippen LogP contribution in [0.15, 0.2) is 60.7 Å². The second-order valence-electron chi connectivity index (χ2n) is 5.90. The fourth-order valence-corrected chi connectivity index (χ4v) is 2.19. The molecule has 2 aromatic carbocycles. The summed E-state index contributed by atoms with van der Waals surface area (Å²) in [6.45, 7) is 1.77. The summed E-state index contributed by atoms with van der Waals surface area (Å²) >= 11 is 0. The van der Waals surface area contributed by atoms with Crippen LogP contribution >= 0.6 is 0 Å². The van der Waals surface area contributed by atoms with Crippen LogP contribution in [-0.2, 0) is 27.5 Å². The third-order valence-electron chi connectivity index (χ3n) is 3.69. The average Bonchev–Trinajstić information content (AvgIpc) is 2.70. The molecule has 1 atom stereocenters. The predicted molar refractivity (Wildman–Crippen MR) is 101 cm³/mol. The molecule has 27 heavy (non-hydrogen) atoms. The number of hydrogen-bond acceptors (Lipinski definition) is 4. The lowest BCUT2D eigenvalue weighted by Crippen LogP contribution is -2.49. The molecule has 0 bridgehead atoms. The van der Waals surface area contributed by atoms with E-state index in [1.807, 2.05) is 60.7 Å². The summed E-state index contributed by atoms with van der Waals surface area (Å²) in [6, 6.07) is 17.4. The van der Waals surface area contributed by atoms with Gasteiger partial charge in [-0.15, -0.1) is 0 Å². The highest BCUT2D eigenvalue weighted by Crippen LogP contribution is 2.00. The van der Waals surface area contributed by atoms with Crippen LogP contribution in [0.3, 0.4) is 0 Å². The lowest BCUT2D eigenvalue weighted by molar-refractivity contribution is -0.145. The van der Waals surface area contributed by atoms with Crippen LogP contribution in [0.25, 0.3) is 0 Å². The second kappa shape index (κ2) is 10.6. The van der Waals surface area contributed by atoms with E-state index in [-0.39, 0.29) is 13.2 Å². The van der Waals surface area contributed by atoms with Crippen molar-refractivity contribution in [3.05, 3.63) is 71.8 Å². The van der Waals surface area contributed by atoms with Gasteiger partial charge in [-0.25, -0.2) is 4.79 Å². The lowest BCUT2D eigenvalue weighted by Gasteiger charge is -2.14. The Morgan fingerprint density at radius 2 is 1.48 bits per heavy atom. The van der Waals surface area contributed by atoms with Crippen molar-refractivity contribution >= 4 is 17.9 Å². The fraction of sp³-hybridized carbons (Fsp3) is 0.250. The van der Waals surface area contributed by atoms with Crippen molar-refractivity contribution in [3.8, 4) is 0 Å². The Bertz CT molecular complexity index is 750. The van der Waals surface area contributed by atoms with Gasteiger partial charge in [-0.1, -0.05) is 60.7 Å². The number of benzene rings is 2. The average molecular weight is 369 g/mol. The van der Waals surface area contributed by atoms with Gasteiger partial charge in [0.15, 0.2) is 0 Å². The molecule has 0 saturated heterocycles. The van der Waals surface area contributed by atoms with Gasteiger partial charge in [0.1, 0.15) is 19.2 Å². The first-order chi connectivity index (χ1) is 13.0. The molecule has 0 aliphatic carbocycles. The second-order valence-corrected chi connectivity index (χ2v) is 5.90. The van der Waals surface area contributed by atoms with Crippen molar-refractivity contribution in [2.45, 2.75) is 26.1 Å². The number of urea groups is 1. The number of carbonyl (C=O) groups is 3. The van der Waals surface area contributed by atoms with E-state index >= 15 is 0 Å². The summed E-state index contributed by atoms with van der Waals surface area (Å²) < 4.78 is 5.07. The summed E-state index contributed by atoms with van der Waals surface area (Å²) in [5.74, 6) is -1.02. The maximum absolute atomic E-state index is 12.0. The molecule has 2 rings (SSSR count). The zero-order chi connectivity index (χ0) is 19.5. The third kappa shape index (κ3) is 7.60. The van der Waals surface area contributed by atoms with E-state index in [2.05, 4.69) is 16.0 Å². The summed E-state index contributed by atoms with van der Waals surface area (Å²) in [6.07, 6.45) is 0. The van der Waals surface area contributed by atoms with Gasteiger partial charge in [-0.2, -0.15) is 0 Å². The SMILES string of the molecule is C[C@H](NC(=O)NCc1ccccc1)C(=O)NCC(=O)OCc1ccccc1. The van der Waals surface area contributed by atoms with E-state index in [1.165, 1.54) is 6.92 Å². The van der Waals surface area contributed by atoms with Crippen molar-refractivity contribution in [3.63, 3.8) is 0 Å². The quantitative estimate of drug-likeness (QED) is 0.618. The summed E-state index contributed by atoms with van der Waals surface area (Å²) in [4.78, 5) is 35.5. The number of hydrogen-bond donors (Lipinski definition) is 3. The first kappa shape index (κ1) is 20.0. The molecule has 0 spiro atoms. The number of esters is 1. The minimum atomic E-state index is -0.789. The van der Waals surface area contributed by atoms with E-state index in [4.69, 9.17) is 4.74 Å². The summed E-state index contributed by atoms with van der Waals surface area (Å²) in [7, 11) is 0. The van der Waals surface area contributed by atoms with E-state index < -0.39 is 23.9 Å². The van der Waals surface area contributed by atoms with Gasteiger partial charge in [0, 0.05) is 6.54 Å². The van der Waals surface area contributed by atoms with Crippen molar-refractivity contribution < 1.29 is 19.1 Å². The Balaban J connectivity index is 1.64. The molecule has 0 radical (unpaired) electrons. The smallest absolute Gasteiger partial charge is 0.325 e. The molecular formula is C20H23N3O4. The number of amides is 3. The molecule has 0 unspecified atom stereocenters. The number of carbonyl (C=O) groups excluding carboxylic acids is 3. The molecule has 3 N–H and O–H groups in total. The topological polar surface area (TPSA) is 96.5 Å². The minimum Gasteiger partial charge on any atom is -0.460 e. The Labute approximate surface area is 158 Å². The van der Waals surface area contributed by atoms with E-state index in [9.17, 15) is 14.4 Å². The molecule has 142 valence electrons. The van der Waals surface area contributed by atoms with Gasteiger partial charge in [-0.05, 0) is 18.1 Å². The molecule has 0 aliphatic heterocycles. The van der Waals surface area contributed by atoms with Crippen molar-refractivity contribution in [1.29, 1.82) is 0 Å². The van der Waals surface area contributed by atoms with E-state index in [0.717, 1.165) is 11.1 Å². The molecule has 0 aliphatic rings. The monoisotopic (exact) mass is 369 g/mol. The van der Waals surface area contributed by atoms with Gasteiger partial charge >= 0.3 is 12.0 Å². The highest BCUT2D eigenvalue weighted by molar-refractivity contribution is 5.88. The molecule has 3 amide bonds. The highest BCUT2D eigenvalue weighted by atomic mass is 16.5. The van der Waals surface area contributed by atoms with Crippen LogP contribution < -0.4 is 16.0 Å². The first-order valence-electron chi connectivity index (χ1n) is 8.60. The van der Waals surface area contributed by atoms with Gasteiger partial charge in [0.05, 0.1) is 0 Å². The van der Waals surface area contributed by atoms with Gasteiger partial charge in [0.2, 0.25) is 5.91 Å². The fourth-order valence-electron chi connectivity index (χ4n) is 2.19. The van der Waals surface area contributed by atoms with Gasteiger partial charge in [0.25, 0.3) is 0 Å². The molecule has 0 aromatic heterocycles. The van der Waals surface area contributed by atoms with Crippen LogP contribution in [0.1, 0.15) is 18.1 Å². The van der Waals surface area contributed by atoms with Crippen LogP contribution in [0.4, 0.5) is 4.79 Å². The highest BCUT2D eigenvalue weighted by Gasteiger charge is 2.16. The Morgan fingerprint density at radius 3 is 2.11 bits per heavy atom. The molecule has 0 fully saturated rings. The minimum absolute atomic E-state index is 0.144. The maximum Gasteiger partial charge on any atom is 0.325 e. The Morgan fingerprint density at radius 1 is 0.889 bits per heavy atom. The van der Waals surface area contributed by atoms with Crippen molar-refractivity contribution in [2.24, 2.45) is 0 Å². The third-order valence-corrected chi connectivity index (χ3v) is 3.69. The Kier molecular flexibility index (Phi) is 7.84. The van der Waals surface area contributed by atoms with Gasteiger partial charge < -0.3 is 20.7 Å². The molecule has 0 saturated carbocycles. The van der Waals surface area contributed by atoms with E-state index in [1.54, 1.807) is 0 Å². The zero-order valence-electron chi connectivity index (χ0n) is 15.1. The lowest BCUT2D eigenvalue weighted by atomic mass is 10.2. The van der Waals surface area contributed by atoms with Crippen molar-refractivity contribution in [2.75, 3.05) is 6.54 Å². The molecule has 7 nitrogen and oxygen atoms in total. The number of rotatable bonds is 8. The van der Waals surface area contributed by atoms with Crippen LogP contribution in [-0.4, -0.2) is 30.5 Å². The predicted octanol–water partition coefficient (Wildman–Crippen LogP) is 1.73. The molecule has 7 heteroatoms. The number of ether oxygens (including phenoxy) is 1. The molecular weight excluding hydrogens is 346 g/mol. The van der Waals surface area contributed by atoms with Crippen LogP contribution in [0, 0.1) is 0 Å². The molecule has 0 heterocycles. The van der Waals surface area contributed by atoms with Crippen molar-refractivity contribution in [1.82, 2.24) is 16.0 Å². The summed E-state index contributed by atoms with van der Waals surface area (Å²) in [5.41, 5.74) is 1.81. The molecule has 2 aromatic rings. The number of nitrogens with one attached hydrogen (secondary N) is 3. The van der Waals surface area contributed by atoms with Crippen LogP contribution in [0.5, 0.6) is 0 Å². The largest absolute Gasteiger partial charge is 0.460 e. The standard InChI is InChI=1S/C20H23N3O4/c1-15(23-20(26)22-12-16-8-4-2-5-9-16)19(25)21-13-18(24)27-14-17-10-6-3-7-11-17/h2-11,15H,12-14H2,1H3,(H,21,25)(H2,22,23,26)/t15-/m0/s1. The maximum atomic E-state index is 12.0. The summed E-state index contributed by atoms with van der Waals surface area (Å²) in [5, 5.41) is 7.63. The zero-order valence-corrected chi connectivity index (χ0v) is 15.1. The first-order valence-corrected chi connectivity index (χ1v) is 8.60. The Hall–Kier alpha value is -3.35. The van der Waals surface area contributed by atoms with Crippen LogP contribution in [0.2, 0.25) is 0 Å². The van der Waals surface area contributed by atoms with Gasteiger partial charge in [-0.3, -0.25) is 9.59 Å².